The number of nitrogens with one attached hydrogen (secondary N) is 2. The zero-order valence-electron chi connectivity index (χ0n) is 10.9. The third-order valence-electron chi connectivity index (χ3n) is 3.53. The minimum atomic E-state index is -2.58. The fraction of sp³-hybridized carbons (Fsp3) is 0.727. The van der Waals surface area contributed by atoms with Crippen LogP contribution in [-0.4, -0.2) is 64.2 Å². The summed E-state index contributed by atoms with van der Waals surface area (Å²) in [7, 11) is 0. The summed E-state index contributed by atoms with van der Waals surface area (Å²) in [6.45, 7) is 2.29. The normalized spacial score (nSPS) is 22.6. The molecular weight excluding hydrogens is 270 g/mol. The molecule has 2 aliphatic rings. The smallest absolute Gasteiger partial charge is 0.294 e. The Hall–Kier alpha value is -1.77. The van der Waals surface area contributed by atoms with Gasteiger partial charge in [0.15, 0.2) is 0 Å². The molecule has 20 heavy (non-hydrogen) atoms. The van der Waals surface area contributed by atoms with Crippen LogP contribution >= 0.6 is 0 Å². The number of carbonyl (C=O) groups is 1. The number of amides is 1. The summed E-state index contributed by atoms with van der Waals surface area (Å²) >= 11 is 0. The molecule has 2 N–H and O–H groups in total. The van der Waals surface area contributed by atoms with Gasteiger partial charge in [0.05, 0.1) is 0 Å². The fourth-order valence-electron chi connectivity index (χ4n) is 2.48. The molecule has 0 saturated carbocycles. The standard InChI is InChI=1S/C11H16F2N6O/c12-8(13)7-6-14-3-5-18(7)10(20)9-16-11-15-2-1-4-19(11)17-9/h7-8,14H,1-6H2,(H,15,16,17). The van der Waals surface area contributed by atoms with Crippen molar-refractivity contribution in [2.45, 2.75) is 25.4 Å². The predicted molar refractivity (Wildman–Crippen MR) is 66.8 cm³/mol. The summed E-state index contributed by atoms with van der Waals surface area (Å²) < 4.78 is 27.6. The SMILES string of the molecule is O=C(c1nc2n(n1)CCCN2)N1CCNCC1C(F)F. The summed E-state index contributed by atoms with van der Waals surface area (Å²) in [4.78, 5) is 17.6. The minimum Gasteiger partial charge on any atom is -0.354 e. The van der Waals surface area contributed by atoms with Crippen molar-refractivity contribution < 1.29 is 13.6 Å². The highest BCUT2D eigenvalue weighted by Gasteiger charge is 2.35. The maximum atomic E-state index is 13.0. The van der Waals surface area contributed by atoms with E-state index in [1.165, 1.54) is 4.90 Å². The van der Waals surface area contributed by atoms with Crippen molar-refractivity contribution in [3.8, 4) is 0 Å². The highest BCUT2D eigenvalue weighted by molar-refractivity contribution is 5.91. The van der Waals surface area contributed by atoms with E-state index in [4.69, 9.17) is 0 Å². The van der Waals surface area contributed by atoms with Crippen molar-refractivity contribution in [1.29, 1.82) is 0 Å². The molecule has 1 fully saturated rings. The van der Waals surface area contributed by atoms with Crippen LogP contribution in [0, 0.1) is 0 Å². The van der Waals surface area contributed by atoms with Gasteiger partial charge in [-0.3, -0.25) is 4.79 Å². The zero-order valence-corrected chi connectivity index (χ0v) is 10.9. The number of fused-ring (bicyclic) bond motifs is 1. The van der Waals surface area contributed by atoms with Crippen LogP contribution in [0.15, 0.2) is 0 Å². The monoisotopic (exact) mass is 286 g/mol. The molecule has 0 radical (unpaired) electrons. The number of anilines is 1. The number of hydrogen-bond acceptors (Lipinski definition) is 5. The van der Waals surface area contributed by atoms with Gasteiger partial charge in [-0.25, -0.2) is 13.5 Å². The van der Waals surface area contributed by atoms with E-state index >= 15 is 0 Å². The molecule has 0 spiro atoms. The second-order valence-corrected chi connectivity index (χ2v) is 4.87. The highest BCUT2D eigenvalue weighted by Crippen LogP contribution is 2.17. The lowest BCUT2D eigenvalue weighted by molar-refractivity contribution is 0.0119. The molecule has 1 aromatic rings. The number of carbonyl (C=O) groups excluding carboxylic acids is 1. The maximum absolute atomic E-state index is 13.0. The number of aromatic nitrogens is 3. The van der Waals surface area contributed by atoms with Crippen molar-refractivity contribution >= 4 is 11.9 Å². The van der Waals surface area contributed by atoms with E-state index in [9.17, 15) is 13.6 Å². The first-order chi connectivity index (χ1) is 9.66. The first-order valence-corrected chi connectivity index (χ1v) is 6.65. The number of aryl methyl sites for hydroxylation is 1. The van der Waals surface area contributed by atoms with Gasteiger partial charge in [0.25, 0.3) is 12.3 Å². The Morgan fingerprint density at radius 2 is 2.20 bits per heavy atom. The quantitative estimate of drug-likeness (QED) is 0.786. The molecule has 3 rings (SSSR count). The molecule has 2 aliphatic heterocycles. The molecule has 0 bridgehead atoms. The lowest BCUT2D eigenvalue weighted by Gasteiger charge is -2.34. The van der Waals surface area contributed by atoms with Crippen molar-refractivity contribution in [3.63, 3.8) is 0 Å². The second kappa shape index (κ2) is 5.31. The Morgan fingerprint density at radius 3 is 2.95 bits per heavy atom. The van der Waals surface area contributed by atoms with Crippen molar-refractivity contribution in [2.75, 3.05) is 31.5 Å². The van der Waals surface area contributed by atoms with Crippen molar-refractivity contribution in [2.24, 2.45) is 0 Å². The molecule has 1 saturated heterocycles. The molecule has 1 aromatic heterocycles. The average molecular weight is 286 g/mol. The van der Waals surface area contributed by atoms with Crippen LogP contribution in [0.4, 0.5) is 14.7 Å². The van der Waals surface area contributed by atoms with Gasteiger partial charge in [-0.15, -0.1) is 5.10 Å². The van der Waals surface area contributed by atoms with E-state index in [-0.39, 0.29) is 18.9 Å². The summed E-state index contributed by atoms with van der Waals surface area (Å²) in [5.41, 5.74) is 0. The first kappa shape index (κ1) is 13.2. The van der Waals surface area contributed by atoms with E-state index < -0.39 is 18.4 Å². The Labute approximate surface area is 114 Å². The van der Waals surface area contributed by atoms with Crippen LogP contribution in [0.1, 0.15) is 17.0 Å². The Kier molecular flexibility index (Phi) is 3.51. The Balaban J connectivity index is 1.81. The molecule has 7 nitrogen and oxygen atoms in total. The molecule has 1 amide bonds. The van der Waals surface area contributed by atoms with Crippen molar-refractivity contribution in [3.05, 3.63) is 5.82 Å². The molecule has 9 heteroatoms. The third-order valence-corrected chi connectivity index (χ3v) is 3.53. The predicted octanol–water partition coefficient (Wildman–Crippen LogP) is -0.227. The molecule has 110 valence electrons. The van der Waals surface area contributed by atoms with Crippen LogP contribution in [0.5, 0.6) is 0 Å². The number of piperazine rings is 1. The van der Waals surface area contributed by atoms with Crippen LogP contribution in [0.3, 0.4) is 0 Å². The van der Waals surface area contributed by atoms with Gasteiger partial charge in [-0.05, 0) is 6.42 Å². The van der Waals surface area contributed by atoms with E-state index in [0.29, 0.717) is 19.0 Å². The maximum Gasteiger partial charge on any atom is 0.294 e. The lowest BCUT2D eigenvalue weighted by atomic mass is 10.2. The van der Waals surface area contributed by atoms with Crippen LogP contribution in [-0.2, 0) is 6.54 Å². The minimum absolute atomic E-state index is 0.0121. The zero-order chi connectivity index (χ0) is 14.1. The van der Waals surface area contributed by atoms with Crippen LogP contribution < -0.4 is 10.6 Å². The van der Waals surface area contributed by atoms with E-state index in [1.54, 1.807) is 4.68 Å². The molecule has 0 aliphatic carbocycles. The molecule has 0 aromatic carbocycles. The van der Waals surface area contributed by atoms with Gasteiger partial charge < -0.3 is 15.5 Å². The largest absolute Gasteiger partial charge is 0.354 e. The number of alkyl halides is 2. The van der Waals surface area contributed by atoms with Gasteiger partial charge in [-0.1, -0.05) is 0 Å². The van der Waals surface area contributed by atoms with E-state index in [0.717, 1.165) is 13.0 Å². The number of nitrogens with zero attached hydrogens (tertiary/aromatic N) is 4. The van der Waals surface area contributed by atoms with E-state index in [1.807, 2.05) is 0 Å². The summed E-state index contributed by atoms with van der Waals surface area (Å²) in [6, 6.07) is -1.12. The first-order valence-electron chi connectivity index (χ1n) is 6.65. The topological polar surface area (TPSA) is 75.1 Å². The van der Waals surface area contributed by atoms with Crippen LogP contribution in [0.2, 0.25) is 0 Å². The Morgan fingerprint density at radius 1 is 1.35 bits per heavy atom. The summed E-state index contributed by atoms with van der Waals surface area (Å²) in [6.07, 6.45) is -1.68. The fourth-order valence-corrected chi connectivity index (χ4v) is 2.48. The van der Waals surface area contributed by atoms with E-state index in [2.05, 4.69) is 20.7 Å². The van der Waals surface area contributed by atoms with Gasteiger partial charge in [0.2, 0.25) is 11.8 Å². The number of rotatable bonds is 2. The highest BCUT2D eigenvalue weighted by atomic mass is 19.3. The second-order valence-electron chi connectivity index (χ2n) is 4.87. The summed E-state index contributed by atoms with van der Waals surface area (Å²) in [5, 5.41) is 10.0. The lowest BCUT2D eigenvalue weighted by Crippen LogP contribution is -2.56. The van der Waals surface area contributed by atoms with Gasteiger partial charge in [-0.2, -0.15) is 4.98 Å². The molecule has 1 atom stereocenters. The third kappa shape index (κ3) is 2.33. The number of hydrogen-bond donors (Lipinski definition) is 2. The van der Waals surface area contributed by atoms with Gasteiger partial charge in [0.1, 0.15) is 6.04 Å². The van der Waals surface area contributed by atoms with Crippen molar-refractivity contribution in [1.82, 2.24) is 25.0 Å². The molecular formula is C11H16F2N6O. The van der Waals surface area contributed by atoms with Crippen LogP contribution in [0.25, 0.3) is 0 Å². The van der Waals surface area contributed by atoms with Gasteiger partial charge >= 0.3 is 0 Å². The average Bonchev–Trinajstić information content (AvgIpc) is 2.90. The Bertz CT molecular complexity index is 482. The number of halogens is 2. The van der Waals surface area contributed by atoms with Gasteiger partial charge in [0, 0.05) is 32.7 Å². The summed E-state index contributed by atoms with van der Waals surface area (Å²) in [5.74, 6) is -0.00854. The molecule has 3 heterocycles. The molecule has 1 unspecified atom stereocenters.